The lowest BCUT2D eigenvalue weighted by molar-refractivity contribution is 0.556. The number of nitrogens with one attached hydrogen (secondary N) is 1. The third-order valence-corrected chi connectivity index (χ3v) is 6.46. The molecule has 0 aliphatic heterocycles. The topological polar surface area (TPSA) is 59.1 Å². The number of anilines is 1. The predicted octanol–water partition coefficient (Wildman–Crippen LogP) is 3.60. The van der Waals surface area contributed by atoms with Gasteiger partial charge in [0.25, 0.3) is 0 Å². The molecule has 0 unspecified atom stereocenters. The molecule has 1 aromatic rings. The zero-order valence-electron chi connectivity index (χ0n) is 13.7. The largest absolute Gasteiger partial charge is 0.383 e. The van der Waals surface area contributed by atoms with Crippen LogP contribution < -0.4 is 5.32 Å². The van der Waals surface area contributed by atoms with Crippen LogP contribution >= 0.6 is 11.8 Å². The third kappa shape index (κ3) is 5.51. The Kier molecular flexibility index (Phi) is 5.72. The van der Waals surface area contributed by atoms with Crippen molar-refractivity contribution in [3.05, 3.63) is 18.3 Å². The van der Waals surface area contributed by atoms with E-state index in [2.05, 4.69) is 31.1 Å². The molecule has 0 aliphatic carbocycles. The highest BCUT2D eigenvalue weighted by Gasteiger charge is 2.31. The summed E-state index contributed by atoms with van der Waals surface area (Å²) in [5.41, 5.74) is 0.845. The number of aromatic nitrogens is 1. The van der Waals surface area contributed by atoms with Gasteiger partial charge in [0, 0.05) is 17.0 Å². The second kappa shape index (κ2) is 6.57. The first-order chi connectivity index (χ1) is 9.43. The maximum absolute atomic E-state index is 12.2. The maximum Gasteiger partial charge on any atom is 0.200 e. The Morgan fingerprint density at radius 3 is 2.19 bits per heavy atom. The van der Waals surface area contributed by atoms with Gasteiger partial charge in [-0.05, 0) is 32.9 Å². The number of hydrogen-bond acceptors (Lipinski definition) is 5. The molecule has 0 amide bonds. The maximum atomic E-state index is 12.2. The molecule has 1 N–H and O–H groups in total. The minimum absolute atomic E-state index is 0.129. The summed E-state index contributed by atoms with van der Waals surface area (Å²) in [5, 5.41) is 3.39. The number of nitrogens with zero attached hydrogens (tertiary/aromatic N) is 1. The molecule has 120 valence electrons. The van der Waals surface area contributed by atoms with Crippen molar-refractivity contribution in [1.82, 2.24) is 4.98 Å². The Morgan fingerprint density at radius 2 is 1.76 bits per heavy atom. The Morgan fingerprint density at radius 1 is 1.14 bits per heavy atom. The summed E-state index contributed by atoms with van der Waals surface area (Å²) in [6.07, 6.45) is 1.58. The zero-order valence-corrected chi connectivity index (χ0v) is 15.4. The van der Waals surface area contributed by atoms with Crippen LogP contribution in [-0.2, 0) is 9.84 Å². The molecule has 4 nitrogen and oxygen atoms in total. The Balaban J connectivity index is 2.64. The highest BCUT2D eigenvalue weighted by atomic mass is 32.2. The van der Waals surface area contributed by atoms with E-state index in [1.54, 1.807) is 39.1 Å². The van der Waals surface area contributed by atoms with Crippen LogP contribution in [0.1, 0.15) is 41.5 Å². The lowest BCUT2D eigenvalue weighted by Crippen LogP contribution is -2.28. The lowest BCUT2D eigenvalue weighted by Gasteiger charge is -2.19. The van der Waals surface area contributed by atoms with Gasteiger partial charge < -0.3 is 5.32 Å². The van der Waals surface area contributed by atoms with Gasteiger partial charge in [0.15, 0.2) is 14.9 Å². The minimum atomic E-state index is -3.38. The van der Waals surface area contributed by atoms with E-state index in [0.29, 0.717) is 0 Å². The molecule has 6 heteroatoms. The van der Waals surface area contributed by atoms with Crippen molar-refractivity contribution >= 4 is 27.3 Å². The monoisotopic (exact) mass is 330 g/mol. The lowest BCUT2D eigenvalue weighted by atomic mass is 10.3. The fourth-order valence-electron chi connectivity index (χ4n) is 1.51. The molecule has 0 fully saturated rings. The van der Waals surface area contributed by atoms with Gasteiger partial charge in [-0.3, -0.25) is 0 Å². The SMILES string of the molecule is CC(C)(C)SCCNc1ccc(S(=O)(=O)C(C)(C)C)nc1. The second-order valence-electron chi connectivity index (χ2n) is 6.89. The molecule has 0 saturated heterocycles. The molecule has 1 heterocycles. The van der Waals surface area contributed by atoms with Gasteiger partial charge in [-0.15, -0.1) is 0 Å². The molecule has 1 aromatic heterocycles. The molecular weight excluding hydrogens is 304 g/mol. The number of thioether (sulfide) groups is 1. The van der Waals surface area contributed by atoms with Crippen molar-refractivity contribution in [2.45, 2.75) is 56.1 Å². The van der Waals surface area contributed by atoms with E-state index in [0.717, 1.165) is 18.0 Å². The first-order valence-electron chi connectivity index (χ1n) is 7.02. The van der Waals surface area contributed by atoms with E-state index in [-0.39, 0.29) is 9.77 Å². The summed E-state index contributed by atoms with van der Waals surface area (Å²) in [7, 11) is -3.38. The number of pyridine rings is 1. The highest BCUT2D eigenvalue weighted by Crippen LogP contribution is 2.24. The van der Waals surface area contributed by atoms with Crippen molar-refractivity contribution in [2.75, 3.05) is 17.6 Å². The molecular formula is C15H26N2O2S2. The van der Waals surface area contributed by atoms with Crippen molar-refractivity contribution in [1.29, 1.82) is 0 Å². The molecule has 21 heavy (non-hydrogen) atoms. The highest BCUT2D eigenvalue weighted by molar-refractivity contribution is 8.00. The van der Waals surface area contributed by atoms with Crippen LogP contribution in [0.15, 0.2) is 23.4 Å². The average molecular weight is 331 g/mol. The van der Waals surface area contributed by atoms with Crippen LogP contribution in [0.3, 0.4) is 0 Å². The first kappa shape index (κ1) is 18.3. The molecule has 0 bridgehead atoms. The summed E-state index contributed by atoms with van der Waals surface area (Å²) < 4.78 is 23.9. The Bertz CT molecular complexity index is 553. The van der Waals surface area contributed by atoms with Gasteiger partial charge in [0.05, 0.1) is 16.6 Å². The average Bonchev–Trinajstić information content (AvgIpc) is 2.33. The van der Waals surface area contributed by atoms with Crippen molar-refractivity contribution in [2.24, 2.45) is 0 Å². The molecule has 0 aliphatic rings. The van der Waals surface area contributed by atoms with Crippen molar-refractivity contribution in [3.63, 3.8) is 0 Å². The molecule has 0 aromatic carbocycles. The number of hydrogen-bond donors (Lipinski definition) is 1. The smallest absolute Gasteiger partial charge is 0.200 e. The molecule has 1 rings (SSSR count). The Labute approximate surface area is 133 Å². The van der Waals surface area contributed by atoms with E-state index in [4.69, 9.17) is 0 Å². The van der Waals surface area contributed by atoms with Crippen LogP contribution in [0, 0.1) is 0 Å². The second-order valence-corrected chi connectivity index (χ2v) is 11.5. The molecule has 0 spiro atoms. The third-order valence-electron chi connectivity index (χ3n) is 2.78. The standard InChI is InChI=1S/C15H26N2O2S2/c1-14(2,3)20-10-9-16-12-7-8-13(17-11-12)21(18,19)15(4,5)6/h7-8,11,16H,9-10H2,1-6H3. The first-order valence-corrected chi connectivity index (χ1v) is 9.49. The van der Waals surface area contributed by atoms with Gasteiger partial charge >= 0.3 is 0 Å². The van der Waals surface area contributed by atoms with Gasteiger partial charge in [-0.1, -0.05) is 20.8 Å². The summed E-state index contributed by atoms with van der Waals surface area (Å²) in [5.74, 6) is 0.992. The van der Waals surface area contributed by atoms with Crippen LogP contribution in [-0.4, -0.2) is 35.2 Å². The summed E-state index contributed by atoms with van der Waals surface area (Å²) in [6, 6.07) is 3.34. The van der Waals surface area contributed by atoms with Gasteiger partial charge in [0.1, 0.15) is 0 Å². The quantitative estimate of drug-likeness (QED) is 0.836. The summed E-state index contributed by atoms with van der Waals surface area (Å²) in [4.78, 5) is 4.09. The van der Waals surface area contributed by atoms with Crippen molar-refractivity contribution < 1.29 is 8.42 Å². The van der Waals surface area contributed by atoms with Gasteiger partial charge in [-0.25, -0.2) is 13.4 Å². The fraction of sp³-hybridized carbons (Fsp3) is 0.667. The summed E-state index contributed by atoms with van der Waals surface area (Å²) in [6.45, 7) is 12.4. The van der Waals surface area contributed by atoms with E-state index < -0.39 is 14.6 Å². The zero-order chi connectivity index (χ0) is 16.3. The minimum Gasteiger partial charge on any atom is -0.383 e. The van der Waals surface area contributed by atoms with Gasteiger partial charge in [-0.2, -0.15) is 11.8 Å². The molecule has 0 saturated carbocycles. The van der Waals surface area contributed by atoms with Crippen LogP contribution in [0.2, 0.25) is 0 Å². The number of rotatable bonds is 5. The number of sulfone groups is 1. The Hall–Kier alpha value is -0.750. The van der Waals surface area contributed by atoms with E-state index in [9.17, 15) is 8.42 Å². The fourth-order valence-corrected chi connectivity index (χ4v) is 3.39. The van der Waals surface area contributed by atoms with Gasteiger partial charge in [0.2, 0.25) is 0 Å². The van der Waals surface area contributed by atoms with Crippen molar-refractivity contribution in [3.8, 4) is 0 Å². The van der Waals surface area contributed by atoms with Crippen LogP contribution in [0.25, 0.3) is 0 Å². The summed E-state index contributed by atoms with van der Waals surface area (Å²) >= 11 is 1.88. The molecule has 0 radical (unpaired) electrons. The van der Waals surface area contributed by atoms with E-state index >= 15 is 0 Å². The van der Waals surface area contributed by atoms with E-state index in [1.165, 1.54) is 0 Å². The molecule has 0 atom stereocenters. The normalized spacial score (nSPS) is 13.2. The van der Waals surface area contributed by atoms with Crippen LogP contribution in [0.5, 0.6) is 0 Å². The van der Waals surface area contributed by atoms with Crippen LogP contribution in [0.4, 0.5) is 5.69 Å². The predicted molar refractivity (Wildman–Crippen MR) is 91.9 cm³/mol. The van der Waals surface area contributed by atoms with E-state index in [1.807, 2.05) is 11.8 Å².